The molecule has 0 bridgehead atoms. The summed E-state index contributed by atoms with van der Waals surface area (Å²) >= 11 is 0. The van der Waals surface area contributed by atoms with Gasteiger partial charge in [0.1, 0.15) is 18.6 Å². The number of rotatable bonds is 4. The summed E-state index contributed by atoms with van der Waals surface area (Å²) in [6.07, 6.45) is -6.00. The average molecular weight is 336 g/mol. The molecule has 8 heteroatoms. The van der Waals surface area contributed by atoms with Gasteiger partial charge < -0.3 is 14.2 Å². The lowest BCUT2D eigenvalue weighted by molar-refractivity contribution is -0.178. The molecule has 6 nitrogen and oxygen atoms in total. The predicted octanol–water partition coefficient (Wildman–Crippen LogP) is 1.95. The van der Waals surface area contributed by atoms with E-state index in [2.05, 4.69) is 0 Å². The Hall–Kier alpha value is -1.73. The topological polar surface area (TPSA) is 78.9 Å². The van der Waals surface area contributed by atoms with Gasteiger partial charge in [0.15, 0.2) is 6.10 Å². The van der Waals surface area contributed by atoms with Crippen molar-refractivity contribution in [3.05, 3.63) is 0 Å². The molecule has 132 valence electrons. The van der Waals surface area contributed by atoms with Crippen molar-refractivity contribution < 1.29 is 37.4 Å². The van der Waals surface area contributed by atoms with Gasteiger partial charge in [-0.15, -0.1) is 0 Å². The van der Waals surface area contributed by atoms with Crippen molar-refractivity contribution in [2.24, 2.45) is 17.8 Å². The van der Waals surface area contributed by atoms with Crippen LogP contribution in [0.4, 0.5) is 8.78 Å². The summed E-state index contributed by atoms with van der Waals surface area (Å²) in [5.74, 6) is -4.89. The van der Waals surface area contributed by atoms with Gasteiger partial charge in [0.05, 0.1) is 11.8 Å². The van der Waals surface area contributed by atoms with Crippen molar-refractivity contribution in [2.45, 2.75) is 52.7 Å². The van der Waals surface area contributed by atoms with Crippen molar-refractivity contribution in [1.29, 1.82) is 0 Å². The molecule has 0 aromatic rings. The molecule has 0 spiro atoms. The predicted molar refractivity (Wildman–Crippen MR) is 74.5 cm³/mol. The van der Waals surface area contributed by atoms with E-state index in [0.29, 0.717) is 0 Å². The monoisotopic (exact) mass is 336 g/mol. The smallest absolute Gasteiger partial charge is 0.313 e. The van der Waals surface area contributed by atoms with Crippen LogP contribution in [0.5, 0.6) is 0 Å². The van der Waals surface area contributed by atoms with E-state index in [1.807, 2.05) is 0 Å². The number of esters is 3. The second kappa shape index (κ2) is 8.21. The van der Waals surface area contributed by atoms with E-state index in [4.69, 9.17) is 14.2 Å². The van der Waals surface area contributed by atoms with Gasteiger partial charge in [-0.25, -0.2) is 8.78 Å². The first kappa shape index (κ1) is 19.3. The minimum absolute atomic E-state index is 0.269. The number of hydrogen-bond acceptors (Lipinski definition) is 6. The molecule has 0 saturated carbocycles. The van der Waals surface area contributed by atoms with Crippen LogP contribution in [-0.4, -0.2) is 43.1 Å². The molecular weight excluding hydrogens is 314 g/mol. The van der Waals surface area contributed by atoms with Crippen molar-refractivity contribution in [3.8, 4) is 0 Å². The SMILES string of the molecule is CC(C)C(=O)O[C@H]1[C@H](C)OC(=O)[C@@H](C)COC(=O)[C@@H]1CC(F)F. The number of alkyl halides is 2. The normalized spacial score (nSPS) is 29.4. The van der Waals surface area contributed by atoms with E-state index in [0.717, 1.165) is 0 Å². The van der Waals surface area contributed by atoms with Gasteiger partial charge in [-0.3, -0.25) is 14.4 Å². The van der Waals surface area contributed by atoms with Crippen molar-refractivity contribution in [3.63, 3.8) is 0 Å². The molecule has 0 aromatic heterocycles. The Kier molecular flexibility index (Phi) is 6.90. The minimum Gasteiger partial charge on any atom is -0.464 e. The average Bonchev–Trinajstić information content (AvgIpc) is 2.48. The zero-order valence-electron chi connectivity index (χ0n) is 13.6. The van der Waals surface area contributed by atoms with E-state index in [-0.39, 0.29) is 6.61 Å². The van der Waals surface area contributed by atoms with Crippen LogP contribution in [0.2, 0.25) is 0 Å². The fraction of sp³-hybridized carbons (Fsp3) is 0.800. The number of cyclic esters (lactones) is 2. The summed E-state index contributed by atoms with van der Waals surface area (Å²) in [5.41, 5.74) is 0. The van der Waals surface area contributed by atoms with Crippen LogP contribution in [0.3, 0.4) is 0 Å². The molecule has 1 saturated heterocycles. The third-order valence-corrected chi connectivity index (χ3v) is 3.50. The lowest BCUT2D eigenvalue weighted by Gasteiger charge is -2.29. The Labute approximate surface area is 133 Å². The van der Waals surface area contributed by atoms with Crippen molar-refractivity contribution in [1.82, 2.24) is 0 Å². The Morgan fingerprint density at radius 1 is 1.26 bits per heavy atom. The second-order valence-electron chi connectivity index (χ2n) is 5.96. The molecule has 1 fully saturated rings. The summed E-state index contributed by atoms with van der Waals surface area (Å²) < 4.78 is 40.9. The lowest BCUT2D eigenvalue weighted by atomic mass is 9.94. The molecule has 1 rings (SSSR count). The van der Waals surface area contributed by atoms with Gasteiger partial charge in [0.25, 0.3) is 0 Å². The number of carbonyl (C=O) groups is 3. The molecule has 0 radical (unpaired) electrons. The fourth-order valence-corrected chi connectivity index (χ4v) is 2.08. The Morgan fingerprint density at radius 2 is 1.87 bits per heavy atom. The maximum Gasteiger partial charge on any atom is 0.313 e. The Morgan fingerprint density at radius 3 is 2.39 bits per heavy atom. The van der Waals surface area contributed by atoms with Crippen LogP contribution in [0, 0.1) is 17.8 Å². The van der Waals surface area contributed by atoms with Crippen LogP contribution in [0.1, 0.15) is 34.1 Å². The van der Waals surface area contributed by atoms with Gasteiger partial charge in [-0.2, -0.15) is 0 Å². The molecular formula is C15H22F2O6. The highest BCUT2D eigenvalue weighted by atomic mass is 19.3. The third-order valence-electron chi connectivity index (χ3n) is 3.50. The molecule has 0 N–H and O–H groups in total. The number of ether oxygens (including phenoxy) is 3. The first-order chi connectivity index (χ1) is 10.6. The first-order valence-corrected chi connectivity index (χ1v) is 7.49. The van der Waals surface area contributed by atoms with Crippen LogP contribution in [-0.2, 0) is 28.6 Å². The second-order valence-corrected chi connectivity index (χ2v) is 5.96. The summed E-state index contributed by atoms with van der Waals surface area (Å²) in [7, 11) is 0. The minimum atomic E-state index is -2.80. The quantitative estimate of drug-likeness (QED) is 0.577. The Balaban J connectivity index is 3.11. The van der Waals surface area contributed by atoms with Crippen LogP contribution < -0.4 is 0 Å². The fourth-order valence-electron chi connectivity index (χ4n) is 2.08. The molecule has 0 amide bonds. The van der Waals surface area contributed by atoms with E-state index in [1.165, 1.54) is 13.8 Å². The molecule has 0 aromatic carbocycles. The molecule has 0 aliphatic carbocycles. The van der Waals surface area contributed by atoms with Crippen molar-refractivity contribution >= 4 is 17.9 Å². The van der Waals surface area contributed by atoms with E-state index >= 15 is 0 Å². The summed E-state index contributed by atoms with van der Waals surface area (Å²) in [6.45, 7) is 5.76. The van der Waals surface area contributed by atoms with Gasteiger partial charge in [0, 0.05) is 6.42 Å². The highest BCUT2D eigenvalue weighted by Crippen LogP contribution is 2.26. The van der Waals surface area contributed by atoms with E-state index in [1.54, 1.807) is 13.8 Å². The maximum atomic E-state index is 12.8. The van der Waals surface area contributed by atoms with Gasteiger partial charge in [-0.1, -0.05) is 13.8 Å². The van der Waals surface area contributed by atoms with E-state index < -0.39 is 60.7 Å². The van der Waals surface area contributed by atoms with Crippen LogP contribution in [0.15, 0.2) is 0 Å². The maximum absolute atomic E-state index is 12.8. The van der Waals surface area contributed by atoms with Crippen LogP contribution >= 0.6 is 0 Å². The summed E-state index contributed by atoms with van der Waals surface area (Å²) in [4.78, 5) is 35.8. The lowest BCUT2D eigenvalue weighted by Crippen LogP contribution is -2.43. The van der Waals surface area contributed by atoms with Crippen LogP contribution in [0.25, 0.3) is 0 Å². The summed E-state index contributed by atoms with van der Waals surface area (Å²) in [5, 5.41) is 0. The van der Waals surface area contributed by atoms with Gasteiger partial charge >= 0.3 is 17.9 Å². The molecule has 0 unspecified atom stereocenters. The Bertz CT molecular complexity index is 451. The summed E-state index contributed by atoms with van der Waals surface area (Å²) in [6, 6.07) is 0. The zero-order valence-corrected chi connectivity index (χ0v) is 13.6. The van der Waals surface area contributed by atoms with Gasteiger partial charge in [0.2, 0.25) is 6.43 Å². The largest absolute Gasteiger partial charge is 0.464 e. The molecule has 1 aliphatic rings. The molecule has 1 heterocycles. The third kappa shape index (κ3) is 5.44. The zero-order chi connectivity index (χ0) is 17.7. The molecule has 1 aliphatic heterocycles. The van der Waals surface area contributed by atoms with Crippen molar-refractivity contribution in [2.75, 3.05) is 6.61 Å². The first-order valence-electron chi connectivity index (χ1n) is 7.49. The number of hydrogen-bond donors (Lipinski definition) is 0. The molecule has 23 heavy (non-hydrogen) atoms. The number of carbonyl (C=O) groups excluding carboxylic acids is 3. The highest BCUT2D eigenvalue weighted by Gasteiger charge is 2.42. The van der Waals surface area contributed by atoms with Gasteiger partial charge in [-0.05, 0) is 13.8 Å². The molecule has 4 atom stereocenters. The number of halogens is 2. The standard InChI is InChI=1S/C15H22F2O6/c1-7(2)13(18)23-12-9(4)22-14(19)8(3)6-21-15(20)10(12)5-11(16)17/h7-12H,5-6H2,1-4H3/t8-,9-,10+,12-/m0/s1. The van der Waals surface area contributed by atoms with E-state index in [9.17, 15) is 23.2 Å². The highest BCUT2D eigenvalue weighted by molar-refractivity contribution is 5.77.